The van der Waals surface area contributed by atoms with Crippen molar-refractivity contribution in [3.05, 3.63) is 71.9 Å². The number of hydrogen-bond donors (Lipinski definition) is 2. The van der Waals surface area contributed by atoms with Gasteiger partial charge >= 0.3 is 5.97 Å². The van der Waals surface area contributed by atoms with Crippen LogP contribution in [0.4, 0.5) is 8.78 Å². The summed E-state index contributed by atoms with van der Waals surface area (Å²) in [6, 6.07) is 8.25. The summed E-state index contributed by atoms with van der Waals surface area (Å²) in [5.41, 5.74) is 2.49. The molecule has 0 bridgehead atoms. The topological polar surface area (TPSA) is 83.8 Å². The normalized spacial score (nSPS) is 18.2. The first-order valence-electron chi connectivity index (χ1n) is 12.6. The molecule has 2 rings (SSSR count). The van der Waals surface area contributed by atoms with Crippen LogP contribution in [-0.4, -0.2) is 41.8 Å². The lowest BCUT2D eigenvalue weighted by Crippen LogP contribution is -2.22. The van der Waals surface area contributed by atoms with E-state index in [9.17, 15) is 18.4 Å². The molecule has 0 spiro atoms. The average Bonchev–Trinajstić information content (AvgIpc) is 2.89. The van der Waals surface area contributed by atoms with Gasteiger partial charge in [-0.3, -0.25) is 4.79 Å². The van der Waals surface area contributed by atoms with Gasteiger partial charge in [-0.1, -0.05) is 37.4 Å². The van der Waals surface area contributed by atoms with Crippen LogP contribution in [0.1, 0.15) is 68.4 Å². The number of carbonyl (C=O) groups is 2. The van der Waals surface area contributed by atoms with E-state index in [0.717, 1.165) is 43.7 Å². The molecule has 1 aliphatic rings. The van der Waals surface area contributed by atoms with Crippen molar-refractivity contribution in [3.63, 3.8) is 0 Å². The minimum absolute atomic E-state index is 0.00365. The number of Topliss-reactive ketones (excluding diaryl/α,β-unsaturated/α-hetero) is 1. The first-order chi connectivity index (χ1) is 17.2. The minimum Gasteiger partial charge on any atom is -0.462 e. The molecule has 1 atom stereocenters. The van der Waals surface area contributed by atoms with Crippen LogP contribution in [0.3, 0.4) is 0 Å². The second kappa shape index (κ2) is 15.5. The van der Waals surface area contributed by atoms with E-state index < -0.39 is 18.7 Å². The lowest BCUT2D eigenvalue weighted by molar-refractivity contribution is -0.141. The van der Waals surface area contributed by atoms with Crippen LogP contribution in [0.5, 0.6) is 0 Å². The van der Waals surface area contributed by atoms with Crippen molar-refractivity contribution < 1.29 is 33.3 Å². The Bertz CT molecular complexity index is 878. The maximum absolute atomic E-state index is 12.2. The molecule has 1 fully saturated rings. The third kappa shape index (κ3) is 10.2. The third-order valence-electron chi connectivity index (χ3n) is 6.99. The molecule has 0 saturated heterocycles. The number of aliphatic hydroxyl groups is 2. The van der Waals surface area contributed by atoms with Gasteiger partial charge in [-0.15, -0.1) is 0 Å². The quantitative estimate of drug-likeness (QED) is 0.238. The predicted octanol–water partition coefficient (Wildman–Crippen LogP) is 5.67. The Morgan fingerprint density at radius 2 is 1.67 bits per heavy atom. The molecule has 198 valence electrons. The predicted molar refractivity (Wildman–Crippen MR) is 136 cm³/mol. The highest BCUT2D eigenvalue weighted by molar-refractivity contribution is 5.94. The third-order valence-corrected chi connectivity index (χ3v) is 6.99. The van der Waals surface area contributed by atoms with Crippen LogP contribution in [0.25, 0.3) is 0 Å². The van der Waals surface area contributed by atoms with Gasteiger partial charge in [0.05, 0.1) is 25.4 Å². The molecule has 7 heteroatoms. The summed E-state index contributed by atoms with van der Waals surface area (Å²) >= 11 is 0. The zero-order chi connectivity index (χ0) is 26.5. The number of ether oxygens (including phenoxy) is 1. The Morgan fingerprint density at radius 3 is 2.25 bits per heavy atom. The Kier molecular flexibility index (Phi) is 12.7. The van der Waals surface area contributed by atoms with Gasteiger partial charge in [-0.2, -0.15) is 8.78 Å². The number of hydrogen-bond acceptors (Lipinski definition) is 5. The van der Waals surface area contributed by atoms with Crippen LogP contribution in [0, 0.1) is 11.8 Å². The molecule has 1 aliphatic carbocycles. The zero-order valence-electron chi connectivity index (χ0n) is 20.9. The number of ketones is 1. The second-order valence-corrected chi connectivity index (χ2v) is 9.68. The maximum Gasteiger partial charge on any atom is 0.335 e. The molecule has 0 radical (unpaired) electrons. The van der Waals surface area contributed by atoms with Gasteiger partial charge in [0.1, 0.15) is 0 Å². The maximum atomic E-state index is 12.2. The fourth-order valence-electron chi connectivity index (χ4n) is 4.74. The molecule has 1 aromatic rings. The molecule has 1 saturated carbocycles. The van der Waals surface area contributed by atoms with Gasteiger partial charge in [-0.25, -0.2) is 4.79 Å². The Labute approximate surface area is 212 Å². The highest BCUT2D eigenvalue weighted by atomic mass is 19.3. The van der Waals surface area contributed by atoms with E-state index >= 15 is 0 Å². The van der Waals surface area contributed by atoms with Crippen molar-refractivity contribution in [2.75, 3.05) is 19.8 Å². The Hall–Kier alpha value is -2.64. The molecule has 5 nitrogen and oxygen atoms in total. The number of allylic oxidation sites excluding steroid dienone is 1. The summed E-state index contributed by atoms with van der Waals surface area (Å²) in [6.07, 6.45) is 5.94. The van der Waals surface area contributed by atoms with E-state index in [2.05, 4.69) is 25.3 Å². The van der Waals surface area contributed by atoms with Crippen molar-refractivity contribution >= 4 is 11.8 Å². The van der Waals surface area contributed by atoms with Gasteiger partial charge < -0.3 is 14.9 Å². The molecule has 2 N–H and O–H groups in total. The average molecular weight is 505 g/mol. The van der Waals surface area contributed by atoms with Gasteiger partial charge in [0.2, 0.25) is 0 Å². The first kappa shape index (κ1) is 29.6. The van der Waals surface area contributed by atoms with Crippen molar-refractivity contribution in [2.45, 2.75) is 63.7 Å². The fraction of sp³-hybridized carbons (Fsp3) is 0.517. The number of halogens is 2. The largest absolute Gasteiger partial charge is 0.462 e. The van der Waals surface area contributed by atoms with Crippen LogP contribution < -0.4 is 0 Å². The smallest absolute Gasteiger partial charge is 0.335 e. The summed E-state index contributed by atoms with van der Waals surface area (Å²) in [5.74, 6) is 0.0685. The SMILES string of the molecule is C=C(CO)C(=O)CCC(COC(=O)C(=C)CO)CC1CCC(c2ccc(CCC=C(F)F)cc2)CC1. The first-order valence-corrected chi connectivity index (χ1v) is 12.6. The summed E-state index contributed by atoms with van der Waals surface area (Å²) in [7, 11) is 0. The van der Waals surface area contributed by atoms with Crippen molar-refractivity contribution in [2.24, 2.45) is 11.8 Å². The van der Waals surface area contributed by atoms with Crippen molar-refractivity contribution in [1.82, 2.24) is 0 Å². The van der Waals surface area contributed by atoms with Crippen molar-refractivity contribution in [3.8, 4) is 0 Å². The molecular weight excluding hydrogens is 466 g/mol. The zero-order valence-corrected chi connectivity index (χ0v) is 20.9. The van der Waals surface area contributed by atoms with E-state index in [1.54, 1.807) is 0 Å². The molecule has 1 aromatic carbocycles. The number of aliphatic hydroxyl groups excluding tert-OH is 2. The molecule has 0 amide bonds. The minimum atomic E-state index is -1.64. The number of esters is 1. The van der Waals surface area contributed by atoms with Crippen LogP contribution in [0.15, 0.2) is 60.7 Å². The van der Waals surface area contributed by atoms with Crippen molar-refractivity contribution in [1.29, 1.82) is 0 Å². The fourth-order valence-corrected chi connectivity index (χ4v) is 4.74. The standard InChI is InChI=1S/C29H38F2O5/c1-20(17-32)27(34)15-10-24(19-36-29(35)21(2)18-33)16-23-8-13-26(14-9-23)25-11-6-22(7-12-25)4-3-5-28(30)31/h5-7,11-12,23-24,26,32-33H,1-4,8-10,13-19H2. The van der Waals surface area contributed by atoms with Gasteiger partial charge in [0.25, 0.3) is 6.08 Å². The number of rotatable bonds is 15. The van der Waals surface area contributed by atoms with Gasteiger partial charge in [0, 0.05) is 12.0 Å². The number of carbonyl (C=O) groups excluding carboxylic acids is 2. The number of benzene rings is 1. The summed E-state index contributed by atoms with van der Waals surface area (Å²) in [6.45, 7) is 6.39. The molecule has 1 unspecified atom stereocenters. The second-order valence-electron chi connectivity index (χ2n) is 9.68. The Morgan fingerprint density at radius 1 is 1.03 bits per heavy atom. The van der Waals surface area contributed by atoms with E-state index in [1.807, 2.05) is 12.1 Å². The monoisotopic (exact) mass is 504 g/mol. The van der Waals surface area contributed by atoms with E-state index in [4.69, 9.17) is 14.9 Å². The highest BCUT2D eigenvalue weighted by Gasteiger charge is 2.26. The van der Waals surface area contributed by atoms with Gasteiger partial charge in [-0.05, 0) is 86.3 Å². The van der Waals surface area contributed by atoms with Crippen LogP contribution in [-0.2, 0) is 20.7 Å². The Balaban J connectivity index is 1.89. The molecule has 0 heterocycles. The van der Waals surface area contributed by atoms with Crippen LogP contribution in [0.2, 0.25) is 0 Å². The molecule has 0 aromatic heterocycles. The van der Waals surface area contributed by atoms with E-state index in [-0.39, 0.29) is 42.5 Å². The summed E-state index contributed by atoms with van der Waals surface area (Å²) in [4.78, 5) is 24.1. The van der Waals surface area contributed by atoms with Gasteiger partial charge in [0.15, 0.2) is 5.78 Å². The van der Waals surface area contributed by atoms with E-state index in [0.29, 0.717) is 31.1 Å². The molecule has 0 aliphatic heterocycles. The molecule has 36 heavy (non-hydrogen) atoms. The lowest BCUT2D eigenvalue weighted by atomic mass is 9.75. The number of aryl methyl sites for hydroxylation is 1. The lowest BCUT2D eigenvalue weighted by Gasteiger charge is -2.31. The van der Waals surface area contributed by atoms with E-state index in [1.165, 1.54) is 5.56 Å². The van der Waals surface area contributed by atoms with Crippen LogP contribution >= 0.6 is 0 Å². The highest BCUT2D eigenvalue weighted by Crippen LogP contribution is 2.39. The molecular formula is C29H38F2O5. The summed E-state index contributed by atoms with van der Waals surface area (Å²) < 4.78 is 29.7. The summed E-state index contributed by atoms with van der Waals surface area (Å²) in [5, 5.41) is 18.2.